The second-order valence-electron chi connectivity index (χ2n) is 3.81. The maximum Gasteiger partial charge on any atom is 0.417 e. The number of carboxylic acids is 1. The Bertz CT molecular complexity index is 652. The first kappa shape index (κ1) is 13.8. The summed E-state index contributed by atoms with van der Waals surface area (Å²) in [6, 6.07) is 2.33. The number of alkyl halides is 3. The van der Waals surface area contributed by atoms with E-state index in [1.165, 1.54) is 11.0 Å². The Kier molecular flexibility index (Phi) is 3.35. The van der Waals surface area contributed by atoms with Gasteiger partial charge in [0.05, 0.1) is 11.1 Å². The topological polar surface area (TPSA) is 77.2 Å². The predicted molar refractivity (Wildman–Crippen MR) is 59.5 cm³/mol. The van der Waals surface area contributed by atoms with Crippen LogP contribution in [0.1, 0.15) is 15.9 Å². The Hall–Kier alpha value is -2.58. The number of rotatable bonds is 3. The minimum Gasteiger partial charge on any atom is -0.478 e. The third-order valence-electron chi connectivity index (χ3n) is 2.31. The van der Waals surface area contributed by atoms with Crippen molar-refractivity contribution in [1.82, 2.24) is 14.8 Å². The van der Waals surface area contributed by atoms with Gasteiger partial charge in [0.2, 0.25) is 0 Å². The van der Waals surface area contributed by atoms with Crippen molar-refractivity contribution in [2.45, 2.75) is 6.18 Å². The number of aromatic nitrogens is 3. The fraction of sp³-hybridized carbons (Fsp3) is 0.182. The van der Waals surface area contributed by atoms with Gasteiger partial charge in [-0.1, -0.05) is 0 Å². The summed E-state index contributed by atoms with van der Waals surface area (Å²) in [4.78, 5) is 14.6. The largest absolute Gasteiger partial charge is 0.478 e. The van der Waals surface area contributed by atoms with Gasteiger partial charge < -0.3 is 9.84 Å². The summed E-state index contributed by atoms with van der Waals surface area (Å²) in [5, 5.41) is 12.6. The second-order valence-corrected chi connectivity index (χ2v) is 3.81. The van der Waals surface area contributed by atoms with E-state index >= 15 is 0 Å². The number of halogens is 3. The van der Waals surface area contributed by atoms with Gasteiger partial charge in [-0.3, -0.25) is 4.68 Å². The lowest BCUT2D eigenvalue weighted by molar-refractivity contribution is -0.138. The van der Waals surface area contributed by atoms with E-state index in [0.29, 0.717) is 6.07 Å². The van der Waals surface area contributed by atoms with Crippen molar-refractivity contribution < 1.29 is 27.8 Å². The average Bonchev–Trinajstić information content (AvgIpc) is 2.73. The minimum atomic E-state index is -4.75. The molecule has 1 heterocycles. The van der Waals surface area contributed by atoms with Crippen LogP contribution in [-0.4, -0.2) is 25.8 Å². The Balaban J connectivity index is 2.38. The first-order valence-electron chi connectivity index (χ1n) is 5.25. The molecular weight excluding hydrogens is 279 g/mol. The van der Waals surface area contributed by atoms with Gasteiger partial charge >= 0.3 is 18.2 Å². The van der Waals surface area contributed by atoms with E-state index in [1.807, 2.05) is 0 Å². The monoisotopic (exact) mass is 287 g/mol. The fourth-order valence-corrected chi connectivity index (χ4v) is 1.48. The minimum absolute atomic E-state index is 0.0939. The lowest BCUT2D eigenvalue weighted by Gasteiger charge is -2.11. The number of ether oxygens (including phenoxy) is 1. The highest BCUT2D eigenvalue weighted by Gasteiger charge is 2.35. The molecule has 0 aliphatic rings. The van der Waals surface area contributed by atoms with Crippen molar-refractivity contribution in [2.24, 2.45) is 7.05 Å². The van der Waals surface area contributed by atoms with Gasteiger partial charge in [-0.25, -0.2) is 4.79 Å². The molecular formula is C11H8F3N3O3. The van der Waals surface area contributed by atoms with E-state index in [1.54, 1.807) is 7.05 Å². The SMILES string of the molecule is Cn1cnc(Oc2ccc(C(F)(F)F)c(C(=O)O)c2)n1. The zero-order chi connectivity index (χ0) is 14.9. The molecule has 6 nitrogen and oxygen atoms in total. The summed E-state index contributed by atoms with van der Waals surface area (Å²) >= 11 is 0. The van der Waals surface area contributed by atoms with E-state index in [9.17, 15) is 18.0 Å². The van der Waals surface area contributed by atoms with Crippen molar-refractivity contribution >= 4 is 5.97 Å². The number of hydrogen-bond donors (Lipinski definition) is 1. The first-order chi connectivity index (χ1) is 9.27. The number of nitrogens with zero attached hydrogens (tertiary/aromatic N) is 3. The lowest BCUT2D eigenvalue weighted by atomic mass is 10.1. The summed E-state index contributed by atoms with van der Waals surface area (Å²) in [5.41, 5.74) is -2.14. The molecule has 20 heavy (non-hydrogen) atoms. The molecule has 106 valence electrons. The molecule has 0 fully saturated rings. The molecule has 1 aromatic carbocycles. The third-order valence-corrected chi connectivity index (χ3v) is 2.31. The van der Waals surface area contributed by atoms with Gasteiger partial charge in [-0.2, -0.15) is 18.2 Å². The van der Waals surface area contributed by atoms with Crippen LogP contribution < -0.4 is 4.74 Å². The van der Waals surface area contributed by atoms with Gasteiger partial charge in [-0.05, 0) is 18.2 Å². The van der Waals surface area contributed by atoms with Crippen LogP contribution in [-0.2, 0) is 13.2 Å². The second kappa shape index (κ2) is 4.83. The van der Waals surface area contributed by atoms with Crippen molar-refractivity contribution in [3.63, 3.8) is 0 Å². The third kappa shape index (κ3) is 2.87. The van der Waals surface area contributed by atoms with Crippen LogP contribution in [0.5, 0.6) is 11.8 Å². The summed E-state index contributed by atoms with van der Waals surface area (Å²) in [6.07, 6.45) is -3.42. The van der Waals surface area contributed by atoms with Crippen LogP contribution in [0.25, 0.3) is 0 Å². The van der Waals surface area contributed by atoms with Crippen LogP contribution in [0.2, 0.25) is 0 Å². The molecule has 0 amide bonds. The lowest BCUT2D eigenvalue weighted by Crippen LogP contribution is -2.12. The molecule has 0 bridgehead atoms. The molecule has 0 atom stereocenters. The highest BCUT2D eigenvalue weighted by atomic mass is 19.4. The predicted octanol–water partition coefficient (Wildman–Crippen LogP) is 2.32. The summed E-state index contributed by atoms with van der Waals surface area (Å²) in [5.74, 6) is -1.79. The smallest absolute Gasteiger partial charge is 0.417 e. The van der Waals surface area contributed by atoms with Crippen LogP contribution in [0.4, 0.5) is 13.2 Å². The Morgan fingerprint density at radius 3 is 2.60 bits per heavy atom. The van der Waals surface area contributed by atoms with Crippen molar-refractivity contribution in [3.05, 3.63) is 35.7 Å². The molecule has 0 spiro atoms. The number of carbonyl (C=O) groups is 1. The van der Waals surface area contributed by atoms with Gasteiger partial charge in [0, 0.05) is 7.05 Å². The zero-order valence-electron chi connectivity index (χ0n) is 10.0. The quantitative estimate of drug-likeness (QED) is 0.937. The summed E-state index contributed by atoms with van der Waals surface area (Å²) in [6.45, 7) is 0. The van der Waals surface area contributed by atoms with E-state index in [0.717, 1.165) is 12.1 Å². The highest BCUT2D eigenvalue weighted by molar-refractivity contribution is 5.90. The molecule has 0 aliphatic carbocycles. The fourth-order valence-electron chi connectivity index (χ4n) is 1.48. The highest BCUT2D eigenvalue weighted by Crippen LogP contribution is 2.34. The zero-order valence-corrected chi connectivity index (χ0v) is 10.0. The molecule has 2 rings (SSSR count). The van der Waals surface area contributed by atoms with Crippen LogP contribution in [0, 0.1) is 0 Å². The maximum absolute atomic E-state index is 12.6. The van der Waals surface area contributed by atoms with E-state index in [4.69, 9.17) is 9.84 Å². The standard InChI is InChI=1S/C11H8F3N3O3/c1-17-5-15-10(16-17)20-6-2-3-8(11(12,13)14)7(4-6)9(18)19/h2-5H,1H3,(H,18,19). The Morgan fingerprint density at radius 2 is 2.10 bits per heavy atom. The average molecular weight is 287 g/mol. The normalized spacial score (nSPS) is 11.4. The van der Waals surface area contributed by atoms with Crippen molar-refractivity contribution in [2.75, 3.05) is 0 Å². The Morgan fingerprint density at radius 1 is 1.40 bits per heavy atom. The maximum atomic E-state index is 12.6. The van der Waals surface area contributed by atoms with Crippen molar-refractivity contribution in [3.8, 4) is 11.8 Å². The molecule has 0 saturated heterocycles. The molecule has 1 N–H and O–H groups in total. The molecule has 2 aromatic rings. The van der Waals surface area contributed by atoms with Crippen molar-refractivity contribution in [1.29, 1.82) is 0 Å². The molecule has 0 aliphatic heterocycles. The number of aryl methyl sites for hydroxylation is 1. The number of aromatic carboxylic acids is 1. The summed E-state index contributed by atoms with van der Waals surface area (Å²) in [7, 11) is 1.58. The number of benzene rings is 1. The molecule has 0 saturated carbocycles. The van der Waals surface area contributed by atoms with Gasteiger partial charge in [-0.15, -0.1) is 5.10 Å². The summed E-state index contributed by atoms with van der Waals surface area (Å²) < 4.78 is 44.3. The molecule has 0 radical (unpaired) electrons. The van der Waals surface area contributed by atoms with E-state index in [-0.39, 0.29) is 11.8 Å². The van der Waals surface area contributed by atoms with Gasteiger partial charge in [0.15, 0.2) is 0 Å². The van der Waals surface area contributed by atoms with Crippen LogP contribution >= 0.6 is 0 Å². The van der Waals surface area contributed by atoms with Gasteiger partial charge in [0.1, 0.15) is 12.1 Å². The van der Waals surface area contributed by atoms with Crippen LogP contribution in [0.3, 0.4) is 0 Å². The Labute approximate surface area is 110 Å². The first-order valence-corrected chi connectivity index (χ1v) is 5.25. The molecule has 1 aromatic heterocycles. The number of carboxylic acid groups (broad SMARTS) is 1. The molecule has 9 heteroatoms. The van der Waals surface area contributed by atoms with Crippen LogP contribution in [0.15, 0.2) is 24.5 Å². The molecule has 0 unspecified atom stereocenters. The van der Waals surface area contributed by atoms with Gasteiger partial charge in [0.25, 0.3) is 0 Å². The number of hydrogen-bond acceptors (Lipinski definition) is 4. The van der Waals surface area contributed by atoms with E-state index in [2.05, 4.69) is 10.1 Å². The van der Waals surface area contributed by atoms with E-state index < -0.39 is 23.3 Å².